The molecular weight excluding hydrogens is 138 g/mol. The molecule has 0 bridgehead atoms. The standard InChI is InChI=1S/C9H15NO/c1-2-3-6-10-9-4-7-11-8-5-9/h9-10H,4-8H2,1H3. The second-order valence-corrected chi connectivity index (χ2v) is 2.69. The normalized spacial score (nSPS) is 19.0. The number of rotatable bonds is 2. The molecule has 0 aromatic rings. The minimum Gasteiger partial charge on any atom is -0.381 e. The smallest absolute Gasteiger partial charge is 0.0578 e. The Hall–Kier alpha value is -0.520. The van der Waals surface area contributed by atoms with E-state index in [0.717, 1.165) is 32.6 Å². The second-order valence-electron chi connectivity index (χ2n) is 2.69. The van der Waals surface area contributed by atoms with Crippen molar-refractivity contribution < 1.29 is 4.74 Å². The maximum atomic E-state index is 5.23. The van der Waals surface area contributed by atoms with E-state index < -0.39 is 0 Å². The summed E-state index contributed by atoms with van der Waals surface area (Å²) >= 11 is 0. The minimum absolute atomic E-state index is 0.629. The third-order valence-corrected chi connectivity index (χ3v) is 1.88. The predicted octanol–water partition coefficient (Wildman–Crippen LogP) is 0.778. The molecule has 1 aliphatic rings. The highest BCUT2D eigenvalue weighted by molar-refractivity contribution is 4.97. The predicted molar refractivity (Wildman–Crippen MR) is 45.3 cm³/mol. The van der Waals surface area contributed by atoms with Gasteiger partial charge in [0.2, 0.25) is 0 Å². The van der Waals surface area contributed by atoms with Crippen LogP contribution in [0.15, 0.2) is 0 Å². The number of nitrogens with one attached hydrogen (secondary N) is 1. The van der Waals surface area contributed by atoms with E-state index in [0.29, 0.717) is 6.04 Å². The Morgan fingerprint density at radius 3 is 2.82 bits per heavy atom. The summed E-state index contributed by atoms with van der Waals surface area (Å²) in [5.74, 6) is 5.86. The number of ether oxygens (including phenoxy) is 1. The van der Waals surface area contributed by atoms with Crippen molar-refractivity contribution in [1.82, 2.24) is 5.32 Å². The lowest BCUT2D eigenvalue weighted by Gasteiger charge is -2.21. The van der Waals surface area contributed by atoms with Crippen molar-refractivity contribution in [2.45, 2.75) is 25.8 Å². The average Bonchev–Trinajstić information content (AvgIpc) is 2.07. The van der Waals surface area contributed by atoms with Gasteiger partial charge >= 0.3 is 0 Å². The van der Waals surface area contributed by atoms with Crippen LogP contribution in [0.1, 0.15) is 19.8 Å². The minimum atomic E-state index is 0.629. The Kier molecular flexibility index (Phi) is 4.03. The first-order valence-corrected chi connectivity index (χ1v) is 4.14. The van der Waals surface area contributed by atoms with Gasteiger partial charge in [0.05, 0.1) is 6.54 Å². The summed E-state index contributed by atoms with van der Waals surface area (Å²) < 4.78 is 5.23. The Morgan fingerprint density at radius 1 is 1.45 bits per heavy atom. The van der Waals surface area contributed by atoms with Gasteiger partial charge < -0.3 is 10.1 Å². The third kappa shape index (κ3) is 3.41. The van der Waals surface area contributed by atoms with Gasteiger partial charge in [-0.25, -0.2) is 0 Å². The van der Waals surface area contributed by atoms with Crippen LogP contribution in [0.5, 0.6) is 0 Å². The SMILES string of the molecule is CC#CCNC1CCOCC1. The van der Waals surface area contributed by atoms with Crippen LogP contribution in [0.4, 0.5) is 0 Å². The van der Waals surface area contributed by atoms with Crippen molar-refractivity contribution in [2.24, 2.45) is 0 Å². The number of hydrogen-bond acceptors (Lipinski definition) is 2. The van der Waals surface area contributed by atoms with Crippen molar-refractivity contribution >= 4 is 0 Å². The molecule has 1 rings (SSSR count). The molecule has 2 heteroatoms. The van der Waals surface area contributed by atoms with Gasteiger partial charge in [-0.05, 0) is 19.8 Å². The summed E-state index contributed by atoms with van der Waals surface area (Å²) in [5, 5.41) is 3.37. The van der Waals surface area contributed by atoms with Gasteiger partial charge in [-0.3, -0.25) is 0 Å². The fourth-order valence-electron chi connectivity index (χ4n) is 1.19. The van der Waals surface area contributed by atoms with Crippen LogP contribution in [0, 0.1) is 11.8 Å². The fourth-order valence-corrected chi connectivity index (χ4v) is 1.19. The Morgan fingerprint density at radius 2 is 2.18 bits per heavy atom. The quantitative estimate of drug-likeness (QED) is 0.592. The molecule has 0 unspecified atom stereocenters. The molecule has 0 aliphatic carbocycles. The van der Waals surface area contributed by atoms with E-state index in [4.69, 9.17) is 4.74 Å². The highest BCUT2D eigenvalue weighted by Crippen LogP contribution is 2.04. The molecule has 1 aliphatic heterocycles. The van der Waals surface area contributed by atoms with Gasteiger partial charge in [-0.1, -0.05) is 5.92 Å². The van der Waals surface area contributed by atoms with Crippen molar-refractivity contribution in [3.63, 3.8) is 0 Å². The molecule has 0 aromatic heterocycles. The largest absolute Gasteiger partial charge is 0.381 e. The summed E-state index contributed by atoms with van der Waals surface area (Å²) in [5.41, 5.74) is 0. The van der Waals surface area contributed by atoms with Crippen LogP contribution < -0.4 is 5.32 Å². The average molecular weight is 153 g/mol. The van der Waals surface area contributed by atoms with E-state index in [1.165, 1.54) is 0 Å². The molecule has 1 N–H and O–H groups in total. The van der Waals surface area contributed by atoms with Crippen LogP contribution in [0.2, 0.25) is 0 Å². The van der Waals surface area contributed by atoms with Crippen molar-refractivity contribution in [2.75, 3.05) is 19.8 Å². The zero-order valence-corrected chi connectivity index (χ0v) is 7.02. The van der Waals surface area contributed by atoms with Crippen LogP contribution in [-0.2, 0) is 4.74 Å². The van der Waals surface area contributed by atoms with Crippen LogP contribution in [0.3, 0.4) is 0 Å². The van der Waals surface area contributed by atoms with Crippen LogP contribution in [-0.4, -0.2) is 25.8 Å². The van der Waals surface area contributed by atoms with E-state index in [9.17, 15) is 0 Å². The maximum absolute atomic E-state index is 5.23. The van der Waals surface area contributed by atoms with Crippen LogP contribution >= 0.6 is 0 Å². The van der Waals surface area contributed by atoms with Crippen molar-refractivity contribution in [3.05, 3.63) is 0 Å². The van der Waals surface area contributed by atoms with E-state index in [-0.39, 0.29) is 0 Å². The highest BCUT2D eigenvalue weighted by atomic mass is 16.5. The molecule has 0 amide bonds. The first-order valence-electron chi connectivity index (χ1n) is 4.14. The van der Waals surface area contributed by atoms with E-state index in [2.05, 4.69) is 17.2 Å². The molecule has 1 fully saturated rings. The lowest BCUT2D eigenvalue weighted by molar-refractivity contribution is 0.0791. The molecule has 2 nitrogen and oxygen atoms in total. The van der Waals surface area contributed by atoms with Gasteiger partial charge in [0.15, 0.2) is 0 Å². The number of hydrogen-bond donors (Lipinski definition) is 1. The Bertz CT molecular complexity index is 151. The molecule has 1 heterocycles. The lowest BCUT2D eigenvalue weighted by atomic mass is 10.1. The highest BCUT2D eigenvalue weighted by Gasteiger charge is 2.11. The summed E-state index contributed by atoms with van der Waals surface area (Å²) in [7, 11) is 0. The summed E-state index contributed by atoms with van der Waals surface area (Å²) in [4.78, 5) is 0. The van der Waals surface area contributed by atoms with Gasteiger partial charge in [-0.2, -0.15) is 0 Å². The third-order valence-electron chi connectivity index (χ3n) is 1.88. The zero-order chi connectivity index (χ0) is 7.94. The van der Waals surface area contributed by atoms with Gasteiger partial charge in [0, 0.05) is 19.3 Å². The van der Waals surface area contributed by atoms with Crippen molar-refractivity contribution in [3.8, 4) is 11.8 Å². The van der Waals surface area contributed by atoms with Gasteiger partial charge in [0.25, 0.3) is 0 Å². The van der Waals surface area contributed by atoms with Crippen LogP contribution in [0.25, 0.3) is 0 Å². The van der Waals surface area contributed by atoms with E-state index >= 15 is 0 Å². The first-order chi connectivity index (χ1) is 5.43. The Balaban J connectivity index is 2.08. The summed E-state index contributed by atoms with van der Waals surface area (Å²) in [6, 6.07) is 0.629. The van der Waals surface area contributed by atoms with Crippen molar-refractivity contribution in [1.29, 1.82) is 0 Å². The lowest BCUT2D eigenvalue weighted by Crippen LogP contribution is -2.34. The fraction of sp³-hybridized carbons (Fsp3) is 0.778. The monoisotopic (exact) mass is 153 g/mol. The molecule has 0 saturated carbocycles. The summed E-state index contributed by atoms with van der Waals surface area (Å²) in [6.45, 7) is 4.49. The molecule has 1 saturated heterocycles. The molecule has 0 aromatic carbocycles. The zero-order valence-electron chi connectivity index (χ0n) is 7.02. The van der Waals surface area contributed by atoms with E-state index in [1.54, 1.807) is 0 Å². The molecule has 0 spiro atoms. The van der Waals surface area contributed by atoms with Gasteiger partial charge in [0.1, 0.15) is 0 Å². The molecule has 0 radical (unpaired) electrons. The second kappa shape index (κ2) is 5.17. The Labute approximate surface area is 68.3 Å². The topological polar surface area (TPSA) is 21.3 Å². The van der Waals surface area contributed by atoms with Gasteiger partial charge in [-0.15, -0.1) is 5.92 Å². The molecule has 11 heavy (non-hydrogen) atoms. The molecular formula is C9H15NO. The first kappa shape index (κ1) is 8.58. The molecule has 0 atom stereocenters. The molecule has 62 valence electrons. The van der Waals surface area contributed by atoms with E-state index in [1.807, 2.05) is 6.92 Å². The summed E-state index contributed by atoms with van der Waals surface area (Å²) in [6.07, 6.45) is 2.26. The maximum Gasteiger partial charge on any atom is 0.0578 e.